The van der Waals surface area contributed by atoms with Crippen LogP contribution in [-0.2, 0) is 0 Å². The van der Waals surface area contributed by atoms with Gasteiger partial charge in [-0.1, -0.05) is 48.5 Å². The van der Waals surface area contributed by atoms with E-state index in [1.54, 1.807) is 0 Å². The van der Waals surface area contributed by atoms with Crippen molar-refractivity contribution in [1.29, 1.82) is 0 Å². The van der Waals surface area contributed by atoms with Crippen LogP contribution < -0.4 is 5.32 Å². The van der Waals surface area contributed by atoms with E-state index in [0.717, 1.165) is 0 Å². The lowest BCUT2D eigenvalue weighted by Crippen LogP contribution is -2.11. The minimum absolute atomic E-state index is 0.390. The maximum Gasteiger partial charge on any atom is 0.0289 e. The molecule has 0 fully saturated rings. The lowest BCUT2D eigenvalue weighted by atomic mass is 9.98. The van der Waals surface area contributed by atoms with E-state index < -0.39 is 0 Å². The molecule has 0 unspecified atom stereocenters. The largest absolute Gasteiger partial charge is 0.313 e. The molecule has 3 aromatic carbocycles. The van der Waals surface area contributed by atoms with Crippen LogP contribution in [0.25, 0.3) is 21.5 Å². The summed E-state index contributed by atoms with van der Waals surface area (Å²) in [6, 6.07) is 20.1. The molecule has 0 aromatic heterocycles. The highest BCUT2D eigenvalue weighted by Crippen LogP contribution is 2.27. The fourth-order valence-corrected chi connectivity index (χ4v) is 2.47. The molecule has 0 heterocycles. The van der Waals surface area contributed by atoms with E-state index in [-0.39, 0.29) is 0 Å². The maximum atomic E-state index is 3.28. The molecule has 90 valence electrons. The number of fused-ring (bicyclic) bond motifs is 3. The smallest absolute Gasteiger partial charge is 0.0289 e. The summed E-state index contributed by atoms with van der Waals surface area (Å²) in [6.07, 6.45) is 0. The van der Waals surface area contributed by atoms with Crippen molar-refractivity contribution in [2.75, 3.05) is 7.05 Å². The highest BCUT2D eigenvalue weighted by molar-refractivity contribution is 6.07. The molecular formula is C17H17N. The molecule has 0 aliphatic heterocycles. The number of benzene rings is 3. The van der Waals surface area contributed by atoms with Crippen LogP contribution in [-0.4, -0.2) is 7.05 Å². The molecule has 3 aromatic rings. The lowest BCUT2D eigenvalue weighted by Gasteiger charge is -2.12. The van der Waals surface area contributed by atoms with Crippen LogP contribution in [0.15, 0.2) is 54.6 Å². The molecule has 0 radical (unpaired) electrons. The van der Waals surface area contributed by atoms with Crippen molar-refractivity contribution in [3.63, 3.8) is 0 Å². The van der Waals surface area contributed by atoms with Crippen LogP contribution in [0.5, 0.6) is 0 Å². The SMILES string of the molecule is CN[C@@H](C)c1ccc2c(ccc3ccccc32)c1. The quantitative estimate of drug-likeness (QED) is 0.654. The lowest BCUT2D eigenvalue weighted by molar-refractivity contribution is 0.653. The van der Waals surface area contributed by atoms with Gasteiger partial charge in [0.05, 0.1) is 0 Å². The summed E-state index contributed by atoms with van der Waals surface area (Å²) in [5.74, 6) is 0. The third-order valence-electron chi connectivity index (χ3n) is 3.70. The second-order valence-electron chi connectivity index (χ2n) is 4.78. The standard InChI is InChI=1S/C17H17N/c1-12(18-2)14-9-10-17-15(11-14)8-7-13-5-3-4-6-16(13)17/h3-12,18H,1-2H3/t12-/m0/s1. The van der Waals surface area contributed by atoms with Gasteiger partial charge in [0, 0.05) is 6.04 Å². The molecular weight excluding hydrogens is 218 g/mol. The van der Waals surface area contributed by atoms with Gasteiger partial charge in [0.2, 0.25) is 0 Å². The fraction of sp³-hybridized carbons (Fsp3) is 0.176. The van der Waals surface area contributed by atoms with Crippen LogP contribution >= 0.6 is 0 Å². The monoisotopic (exact) mass is 235 g/mol. The van der Waals surface area contributed by atoms with Crippen molar-refractivity contribution >= 4 is 21.5 Å². The van der Waals surface area contributed by atoms with Gasteiger partial charge in [-0.25, -0.2) is 0 Å². The zero-order valence-corrected chi connectivity index (χ0v) is 10.8. The third-order valence-corrected chi connectivity index (χ3v) is 3.70. The minimum Gasteiger partial charge on any atom is -0.313 e. The van der Waals surface area contributed by atoms with E-state index in [2.05, 4.69) is 66.8 Å². The summed E-state index contributed by atoms with van der Waals surface area (Å²) in [5, 5.41) is 8.57. The number of rotatable bonds is 2. The third kappa shape index (κ3) is 1.77. The first-order chi connectivity index (χ1) is 8.79. The highest BCUT2D eigenvalue weighted by atomic mass is 14.8. The van der Waals surface area contributed by atoms with Gasteiger partial charge in [0.1, 0.15) is 0 Å². The Labute approximate surface area is 107 Å². The Morgan fingerprint density at radius 2 is 1.56 bits per heavy atom. The molecule has 0 saturated heterocycles. The molecule has 0 aliphatic rings. The molecule has 0 spiro atoms. The Kier molecular flexibility index (Phi) is 2.77. The molecule has 1 atom stereocenters. The Morgan fingerprint density at radius 3 is 2.39 bits per heavy atom. The van der Waals surface area contributed by atoms with Crippen LogP contribution in [0.1, 0.15) is 18.5 Å². The fourth-order valence-electron chi connectivity index (χ4n) is 2.47. The molecule has 1 heteroatoms. The molecule has 0 aliphatic carbocycles. The average Bonchev–Trinajstić information content (AvgIpc) is 2.45. The summed E-state index contributed by atoms with van der Waals surface area (Å²) in [7, 11) is 2.00. The molecule has 1 nitrogen and oxygen atoms in total. The maximum absolute atomic E-state index is 3.28. The second-order valence-corrected chi connectivity index (χ2v) is 4.78. The van der Waals surface area contributed by atoms with Gasteiger partial charge in [0.15, 0.2) is 0 Å². The molecule has 0 saturated carbocycles. The van der Waals surface area contributed by atoms with Crippen molar-refractivity contribution in [3.8, 4) is 0 Å². The summed E-state index contributed by atoms with van der Waals surface area (Å²) in [5.41, 5.74) is 1.33. The zero-order chi connectivity index (χ0) is 12.5. The first kappa shape index (κ1) is 11.2. The van der Waals surface area contributed by atoms with E-state index in [4.69, 9.17) is 0 Å². The minimum atomic E-state index is 0.390. The Bertz CT molecular complexity index is 700. The van der Waals surface area contributed by atoms with Crippen LogP contribution in [0, 0.1) is 0 Å². The predicted octanol–water partition coefficient (Wildman–Crippen LogP) is 4.27. The Hall–Kier alpha value is -1.86. The number of hydrogen-bond donors (Lipinski definition) is 1. The van der Waals surface area contributed by atoms with Gasteiger partial charge in [-0.05, 0) is 47.1 Å². The van der Waals surface area contributed by atoms with Gasteiger partial charge < -0.3 is 5.32 Å². The van der Waals surface area contributed by atoms with Crippen molar-refractivity contribution in [1.82, 2.24) is 5.32 Å². The summed E-state index contributed by atoms with van der Waals surface area (Å²) in [4.78, 5) is 0. The van der Waals surface area contributed by atoms with Crippen molar-refractivity contribution in [3.05, 3.63) is 60.2 Å². The second kappa shape index (κ2) is 4.43. The summed E-state index contributed by atoms with van der Waals surface area (Å²) in [6.45, 7) is 2.18. The van der Waals surface area contributed by atoms with E-state index in [1.165, 1.54) is 27.1 Å². The normalized spacial score (nSPS) is 13.0. The number of hydrogen-bond acceptors (Lipinski definition) is 1. The zero-order valence-electron chi connectivity index (χ0n) is 10.8. The Balaban J connectivity index is 2.28. The van der Waals surface area contributed by atoms with E-state index >= 15 is 0 Å². The highest BCUT2D eigenvalue weighted by Gasteiger charge is 2.05. The van der Waals surface area contributed by atoms with Gasteiger partial charge in [0.25, 0.3) is 0 Å². The first-order valence-corrected chi connectivity index (χ1v) is 6.38. The molecule has 1 N–H and O–H groups in total. The molecule has 3 rings (SSSR count). The molecule has 18 heavy (non-hydrogen) atoms. The van der Waals surface area contributed by atoms with Gasteiger partial charge >= 0.3 is 0 Å². The van der Waals surface area contributed by atoms with Crippen LogP contribution in [0.3, 0.4) is 0 Å². The number of nitrogens with one attached hydrogen (secondary N) is 1. The Morgan fingerprint density at radius 1 is 0.833 bits per heavy atom. The van der Waals surface area contributed by atoms with Crippen molar-refractivity contribution in [2.24, 2.45) is 0 Å². The topological polar surface area (TPSA) is 12.0 Å². The first-order valence-electron chi connectivity index (χ1n) is 6.38. The summed E-state index contributed by atoms with van der Waals surface area (Å²) < 4.78 is 0. The average molecular weight is 235 g/mol. The van der Waals surface area contributed by atoms with Crippen molar-refractivity contribution in [2.45, 2.75) is 13.0 Å². The summed E-state index contributed by atoms with van der Waals surface area (Å²) >= 11 is 0. The van der Waals surface area contributed by atoms with Gasteiger partial charge in [-0.15, -0.1) is 0 Å². The van der Waals surface area contributed by atoms with Gasteiger partial charge in [-0.2, -0.15) is 0 Å². The molecule has 0 amide bonds. The van der Waals surface area contributed by atoms with E-state index in [0.29, 0.717) is 6.04 Å². The molecule has 0 bridgehead atoms. The van der Waals surface area contributed by atoms with Crippen LogP contribution in [0.4, 0.5) is 0 Å². The van der Waals surface area contributed by atoms with E-state index in [1.807, 2.05) is 7.05 Å². The van der Waals surface area contributed by atoms with Crippen LogP contribution in [0.2, 0.25) is 0 Å². The predicted molar refractivity (Wildman–Crippen MR) is 78.9 cm³/mol. The van der Waals surface area contributed by atoms with Crippen molar-refractivity contribution < 1.29 is 0 Å². The van der Waals surface area contributed by atoms with Gasteiger partial charge in [-0.3, -0.25) is 0 Å². The van der Waals surface area contributed by atoms with E-state index in [9.17, 15) is 0 Å².